The van der Waals surface area contributed by atoms with Crippen molar-refractivity contribution in [2.24, 2.45) is 5.92 Å². The van der Waals surface area contributed by atoms with Crippen molar-refractivity contribution in [3.63, 3.8) is 0 Å². The number of carbonyl (C=O) groups excluding carboxylic acids is 2. The van der Waals surface area contributed by atoms with Crippen LogP contribution in [0.1, 0.15) is 44.2 Å². The van der Waals surface area contributed by atoms with Crippen LogP contribution in [0.25, 0.3) is 11.7 Å². The number of nitriles is 1. The molecule has 0 saturated carbocycles. The van der Waals surface area contributed by atoms with Crippen LogP contribution in [0.2, 0.25) is 0 Å². The number of esters is 1. The van der Waals surface area contributed by atoms with E-state index in [1.54, 1.807) is 12.1 Å². The summed E-state index contributed by atoms with van der Waals surface area (Å²) in [7, 11) is 1.38. The molecule has 3 heterocycles. The number of carbonyl (C=O) groups is 2. The topological polar surface area (TPSA) is 122 Å². The summed E-state index contributed by atoms with van der Waals surface area (Å²) in [5.41, 5.74) is 0.219. The molecule has 9 heteroatoms. The number of nitrogens with zero attached hydrogens (tertiary/aromatic N) is 3. The summed E-state index contributed by atoms with van der Waals surface area (Å²) in [6.07, 6.45) is 5.76. The number of anilines is 1. The normalized spacial score (nSPS) is 14.3. The van der Waals surface area contributed by atoms with Crippen molar-refractivity contribution in [3.05, 3.63) is 24.1 Å². The molecule has 3 rings (SSSR count). The number of amides is 1. The van der Waals surface area contributed by atoms with E-state index in [-0.39, 0.29) is 29.4 Å². The second-order valence-electron chi connectivity index (χ2n) is 7.20. The number of ether oxygens (including phenoxy) is 1. The Morgan fingerprint density at radius 3 is 2.80 bits per heavy atom. The van der Waals surface area contributed by atoms with Gasteiger partial charge in [-0.1, -0.05) is 6.42 Å². The maximum absolute atomic E-state index is 12.4. The maximum atomic E-state index is 12.4. The first kappa shape index (κ1) is 21.4. The van der Waals surface area contributed by atoms with E-state index in [2.05, 4.69) is 21.1 Å². The van der Waals surface area contributed by atoms with Gasteiger partial charge in [0.05, 0.1) is 13.4 Å². The Balaban J connectivity index is 1.43. The molecule has 1 N–H and O–H groups in total. The third-order valence-corrected chi connectivity index (χ3v) is 5.18. The molecule has 30 heavy (non-hydrogen) atoms. The van der Waals surface area contributed by atoms with E-state index in [9.17, 15) is 14.9 Å². The van der Waals surface area contributed by atoms with Crippen LogP contribution in [0.3, 0.4) is 0 Å². The van der Waals surface area contributed by atoms with E-state index in [0.717, 1.165) is 19.3 Å². The van der Waals surface area contributed by atoms with Gasteiger partial charge in [-0.2, -0.15) is 10.2 Å². The van der Waals surface area contributed by atoms with Crippen molar-refractivity contribution in [1.29, 1.82) is 5.26 Å². The highest BCUT2D eigenvalue weighted by atomic mass is 16.5. The minimum absolute atomic E-state index is 0.0527. The van der Waals surface area contributed by atoms with Gasteiger partial charge in [0.15, 0.2) is 5.76 Å². The molecule has 0 spiro atoms. The molecular weight excluding hydrogens is 388 g/mol. The average molecular weight is 414 g/mol. The lowest BCUT2D eigenvalue weighted by Gasteiger charge is -2.30. The first-order valence-corrected chi connectivity index (χ1v) is 10.2. The Morgan fingerprint density at radius 1 is 1.33 bits per heavy atom. The highest BCUT2D eigenvalue weighted by molar-refractivity contribution is 5.79. The standard InChI is InChI=1S/C21H26N4O5/c1-28-18(26)7-3-2-4-10-23-19(27)15-8-11-25(12-9-15)21-16(14-22)24-20(30-21)17-6-5-13-29-17/h5-6,13,15H,2-4,7-12H2,1H3,(H,23,27). The molecule has 1 aliphatic heterocycles. The fourth-order valence-corrected chi connectivity index (χ4v) is 3.48. The lowest BCUT2D eigenvalue weighted by Crippen LogP contribution is -2.41. The number of rotatable bonds is 9. The molecule has 1 fully saturated rings. The molecule has 0 atom stereocenters. The van der Waals surface area contributed by atoms with Crippen LogP contribution in [0, 0.1) is 17.2 Å². The van der Waals surface area contributed by atoms with Crippen LogP contribution >= 0.6 is 0 Å². The number of aromatic nitrogens is 1. The quantitative estimate of drug-likeness (QED) is 0.491. The van der Waals surface area contributed by atoms with Gasteiger partial charge in [-0.25, -0.2) is 0 Å². The molecule has 2 aromatic heterocycles. The molecular formula is C21H26N4O5. The Labute approximate surface area is 175 Å². The number of methoxy groups -OCH3 is 1. The number of hydrogen-bond acceptors (Lipinski definition) is 8. The van der Waals surface area contributed by atoms with Gasteiger partial charge in [-0.3, -0.25) is 9.59 Å². The number of hydrogen-bond donors (Lipinski definition) is 1. The van der Waals surface area contributed by atoms with Crippen molar-refractivity contribution in [3.8, 4) is 17.7 Å². The molecule has 9 nitrogen and oxygen atoms in total. The van der Waals surface area contributed by atoms with Crippen molar-refractivity contribution < 1.29 is 23.2 Å². The molecule has 0 aromatic carbocycles. The lowest BCUT2D eigenvalue weighted by atomic mass is 9.96. The van der Waals surface area contributed by atoms with E-state index in [0.29, 0.717) is 50.5 Å². The van der Waals surface area contributed by atoms with Crippen LogP contribution in [0.4, 0.5) is 5.88 Å². The van der Waals surface area contributed by atoms with Crippen molar-refractivity contribution >= 4 is 17.8 Å². The predicted octanol–water partition coefficient (Wildman–Crippen LogP) is 2.87. The number of furan rings is 1. The van der Waals surface area contributed by atoms with Crippen LogP contribution < -0.4 is 10.2 Å². The van der Waals surface area contributed by atoms with Gasteiger partial charge in [0.25, 0.3) is 5.89 Å². The predicted molar refractivity (Wildman–Crippen MR) is 107 cm³/mol. The molecule has 2 aromatic rings. The van der Waals surface area contributed by atoms with Crippen LogP contribution in [0.5, 0.6) is 0 Å². The zero-order chi connectivity index (χ0) is 21.3. The lowest BCUT2D eigenvalue weighted by molar-refractivity contribution is -0.140. The third kappa shape index (κ3) is 5.41. The van der Waals surface area contributed by atoms with Gasteiger partial charge in [0, 0.05) is 32.0 Å². The number of oxazole rings is 1. The van der Waals surface area contributed by atoms with Crippen LogP contribution in [-0.4, -0.2) is 43.6 Å². The van der Waals surface area contributed by atoms with Gasteiger partial charge >= 0.3 is 5.97 Å². The Hall–Kier alpha value is -3.28. The van der Waals surface area contributed by atoms with E-state index in [4.69, 9.17) is 8.83 Å². The fraction of sp³-hybridized carbons (Fsp3) is 0.524. The van der Waals surface area contributed by atoms with Gasteiger partial charge in [-0.15, -0.1) is 0 Å². The first-order chi connectivity index (χ1) is 14.6. The summed E-state index contributed by atoms with van der Waals surface area (Å²) in [5.74, 6) is 0.963. The third-order valence-electron chi connectivity index (χ3n) is 5.18. The van der Waals surface area contributed by atoms with E-state index < -0.39 is 0 Å². The summed E-state index contributed by atoms with van der Waals surface area (Å²) in [6, 6.07) is 5.52. The van der Waals surface area contributed by atoms with Crippen LogP contribution in [0.15, 0.2) is 27.2 Å². The molecule has 0 radical (unpaired) electrons. The molecule has 160 valence electrons. The van der Waals surface area contributed by atoms with Gasteiger partial charge in [0.1, 0.15) is 6.07 Å². The Bertz CT molecular complexity index is 876. The van der Waals surface area contributed by atoms with E-state index in [1.165, 1.54) is 13.4 Å². The largest absolute Gasteiger partial charge is 0.469 e. The maximum Gasteiger partial charge on any atom is 0.305 e. The highest BCUT2D eigenvalue weighted by Crippen LogP contribution is 2.31. The number of nitrogens with one attached hydrogen (secondary N) is 1. The fourth-order valence-electron chi connectivity index (χ4n) is 3.48. The van der Waals surface area contributed by atoms with E-state index in [1.807, 2.05) is 4.90 Å². The summed E-state index contributed by atoms with van der Waals surface area (Å²) in [6.45, 7) is 1.82. The SMILES string of the molecule is COC(=O)CCCCCNC(=O)C1CCN(c2oc(-c3ccco3)nc2C#N)CC1. The second kappa shape index (κ2) is 10.5. The molecule has 1 amide bonds. The van der Waals surface area contributed by atoms with Crippen molar-refractivity contribution in [2.75, 3.05) is 31.6 Å². The highest BCUT2D eigenvalue weighted by Gasteiger charge is 2.29. The van der Waals surface area contributed by atoms with Gasteiger partial charge < -0.3 is 23.8 Å². The number of piperidine rings is 1. The molecule has 0 unspecified atom stereocenters. The average Bonchev–Trinajstić information content (AvgIpc) is 3.45. The Kier molecular flexibility index (Phi) is 7.49. The van der Waals surface area contributed by atoms with E-state index >= 15 is 0 Å². The number of unbranched alkanes of at least 4 members (excludes halogenated alkanes) is 2. The monoisotopic (exact) mass is 414 g/mol. The molecule has 0 bridgehead atoms. The van der Waals surface area contributed by atoms with Gasteiger partial charge in [-0.05, 0) is 37.8 Å². The van der Waals surface area contributed by atoms with Gasteiger partial charge in [0.2, 0.25) is 17.5 Å². The second-order valence-corrected chi connectivity index (χ2v) is 7.20. The smallest absolute Gasteiger partial charge is 0.305 e. The molecule has 1 saturated heterocycles. The summed E-state index contributed by atoms with van der Waals surface area (Å²) >= 11 is 0. The molecule has 0 aliphatic carbocycles. The summed E-state index contributed by atoms with van der Waals surface area (Å²) < 4.78 is 15.7. The van der Waals surface area contributed by atoms with Crippen LogP contribution in [-0.2, 0) is 14.3 Å². The zero-order valence-corrected chi connectivity index (χ0v) is 17.1. The van der Waals surface area contributed by atoms with Crippen molar-refractivity contribution in [1.82, 2.24) is 10.3 Å². The van der Waals surface area contributed by atoms with Crippen molar-refractivity contribution in [2.45, 2.75) is 38.5 Å². The minimum Gasteiger partial charge on any atom is -0.469 e. The first-order valence-electron chi connectivity index (χ1n) is 10.2. The summed E-state index contributed by atoms with van der Waals surface area (Å²) in [4.78, 5) is 29.6. The Morgan fingerprint density at radius 2 is 2.13 bits per heavy atom. The zero-order valence-electron chi connectivity index (χ0n) is 17.1. The minimum atomic E-state index is -0.201. The summed E-state index contributed by atoms with van der Waals surface area (Å²) in [5, 5.41) is 12.4. The molecule has 1 aliphatic rings.